The van der Waals surface area contributed by atoms with Crippen molar-refractivity contribution >= 4 is 41.0 Å². The van der Waals surface area contributed by atoms with Crippen LogP contribution in [-0.4, -0.2) is 32.4 Å². The Balaban J connectivity index is 2.01. The van der Waals surface area contributed by atoms with Crippen LogP contribution in [-0.2, 0) is 9.63 Å². The van der Waals surface area contributed by atoms with E-state index in [-0.39, 0.29) is 10.7 Å². The van der Waals surface area contributed by atoms with Gasteiger partial charge in [0.05, 0.1) is 36.2 Å². The number of carbonyl (C=O) groups is 1. The minimum atomic E-state index is -0.919. The molecule has 0 saturated carbocycles. The van der Waals surface area contributed by atoms with Crippen LogP contribution in [0.2, 0.25) is 10.0 Å². The average Bonchev–Trinajstić information content (AvgIpc) is 2.63. The fourth-order valence-corrected chi connectivity index (χ4v) is 2.58. The summed E-state index contributed by atoms with van der Waals surface area (Å²) < 4.78 is 23.4. The van der Waals surface area contributed by atoms with E-state index in [1.807, 2.05) is 0 Å². The van der Waals surface area contributed by atoms with E-state index in [4.69, 9.17) is 37.5 Å². The number of hydrogen-bond donors (Lipinski definition) is 1. The molecule has 27 heavy (non-hydrogen) atoms. The molecule has 0 unspecified atom stereocenters. The summed E-state index contributed by atoms with van der Waals surface area (Å²) in [7, 11) is 2.97. The van der Waals surface area contributed by atoms with Crippen molar-refractivity contribution in [2.24, 2.45) is 5.16 Å². The van der Waals surface area contributed by atoms with E-state index in [0.29, 0.717) is 22.1 Å². The van der Waals surface area contributed by atoms with Gasteiger partial charge in [0.2, 0.25) is 6.10 Å². The third kappa shape index (κ3) is 5.48. The number of anilines is 1. The molecule has 2 rings (SSSR count). The molecule has 2 aromatic carbocycles. The molecule has 0 aliphatic heterocycles. The molecule has 0 aromatic heterocycles. The molecule has 1 amide bonds. The zero-order valence-corrected chi connectivity index (χ0v) is 16.3. The molecule has 1 atom stereocenters. The molecule has 0 radical (unpaired) electrons. The number of methoxy groups -OCH3 is 2. The highest BCUT2D eigenvalue weighted by molar-refractivity contribution is 6.33. The first kappa shape index (κ1) is 20.8. The lowest BCUT2D eigenvalue weighted by molar-refractivity contribution is -0.126. The van der Waals surface area contributed by atoms with Crippen molar-refractivity contribution < 1.29 is 23.5 Å². The Morgan fingerprint density at radius 1 is 1.19 bits per heavy atom. The quantitative estimate of drug-likeness (QED) is 0.533. The van der Waals surface area contributed by atoms with Crippen LogP contribution in [0, 0.1) is 5.82 Å². The Bertz CT molecular complexity index is 861. The number of hydrogen-bond acceptors (Lipinski definition) is 5. The van der Waals surface area contributed by atoms with E-state index in [9.17, 15) is 9.18 Å². The zero-order chi connectivity index (χ0) is 20.0. The lowest BCUT2D eigenvalue weighted by atomic mass is 10.2. The fourth-order valence-electron chi connectivity index (χ4n) is 2.07. The van der Waals surface area contributed by atoms with E-state index >= 15 is 0 Å². The number of oxime groups is 1. The van der Waals surface area contributed by atoms with Crippen LogP contribution in [0.4, 0.5) is 10.1 Å². The minimum absolute atomic E-state index is 0.0824. The van der Waals surface area contributed by atoms with Crippen LogP contribution in [0.15, 0.2) is 35.5 Å². The van der Waals surface area contributed by atoms with Crippen molar-refractivity contribution in [1.29, 1.82) is 0 Å². The Morgan fingerprint density at radius 3 is 2.56 bits per heavy atom. The molecule has 0 heterocycles. The SMILES string of the molecule is COc1cc(/C=N\O[C@@H](C)C(=O)Nc2ccc(F)cc2Cl)cc(Cl)c1OC. The summed E-state index contributed by atoms with van der Waals surface area (Å²) in [6.45, 7) is 1.51. The van der Waals surface area contributed by atoms with Crippen LogP contribution < -0.4 is 14.8 Å². The molecule has 0 aliphatic rings. The molecule has 0 fully saturated rings. The summed E-state index contributed by atoms with van der Waals surface area (Å²) in [6, 6.07) is 6.91. The Labute approximate surface area is 165 Å². The number of amides is 1. The third-order valence-corrected chi connectivity index (χ3v) is 4.03. The Hall–Kier alpha value is -2.51. The van der Waals surface area contributed by atoms with Crippen molar-refractivity contribution in [3.63, 3.8) is 0 Å². The van der Waals surface area contributed by atoms with Gasteiger partial charge in [-0.2, -0.15) is 0 Å². The first-order chi connectivity index (χ1) is 12.8. The van der Waals surface area contributed by atoms with E-state index in [1.165, 1.54) is 39.5 Å². The second-order valence-corrected chi connectivity index (χ2v) is 6.15. The van der Waals surface area contributed by atoms with Gasteiger partial charge in [-0.25, -0.2) is 4.39 Å². The number of ether oxygens (including phenoxy) is 2. The molecule has 9 heteroatoms. The molecular formula is C18H17Cl2FN2O4. The second kappa shape index (κ2) is 9.43. The van der Waals surface area contributed by atoms with Crippen LogP contribution in [0.1, 0.15) is 12.5 Å². The van der Waals surface area contributed by atoms with Gasteiger partial charge in [0.1, 0.15) is 5.82 Å². The Kier molecular flexibility index (Phi) is 7.27. The number of carbonyl (C=O) groups excluding carboxylic acids is 1. The van der Waals surface area contributed by atoms with Crippen molar-refractivity contribution in [3.8, 4) is 11.5 Å². The standard InChI is InChI=1S/C18H17Cl2FN2O4/c1-10(18(24)23-15-5-4-12(21)8-13(15)19)27-22-9-11-6-14(20)17(26-3)16(7-11)25-2/h4-10H,1-3H3,(H,23,24)/b22-9-/t10-/m0/s1. The van der Waals surface area contributed by atoms with Crippen LogP contribution in [0.5, 0.6) is 11.5 Å². The molecule has 6 nitrogen and oxygen atoms in total. The number of halogens is 3. The van der Waals surface area contributed by atoms with Crippen molar-refractivity contribution in [1.82, 2.24) is 0 Å². The largest absolute Gasteiger partial charge is 0.493 e. The zero-order valence-electron chi connectivity index (χ0n) is 14.8. The van der Waals surface area contributed by atoms with E-state index in [2.05, 4.69) is 10.5 Å². The predicted octanol–water partition coefficient (Wildman–Crippen LogP) is 4.53. The van der Waals surface area contributed by atoms with Crippen LogP contribution in [0.3, 0.4) is 0 Å². The van der Waals surface area contributed by atoms with E-state index in [0.717, 1.165) is 6.07 Å². The number of nitrogens with one attached hydrogen (secondary N) is 1. The summed E-state index contributed by atoms with van der Waals surface area (Å²) in [5, 5.41) is 6.74. The average molecular weight is 415 g/mol. The molecule has 0 bridgehead atoms. The molecule has 1 N–H and O–H groups in total. The van der Waals surface area contributed by atoms with Gasteiger partial charge in [-0.05, 0) is 37.3 Å². The number of benzene rings is 2. The Morgan fingerprint density at radius 2 is 1.93 bits per heavy atom. The maximum Gasteiger partial charge on any atom is 0.268 e. The lowest BCUT2D eigenvalue weighted by Crippen LogP contribution is -2.26. The molecular weight excluding hydrogens is 398 g/mol. The highest BCUT2D eigenvalue weighted by Crippen LogP contribution is 2.35. The van der Waals surface area contributed by atoms with Gasteiger partial charge in [0.15, 0.2) is 11.5 Å². The normalized spacial score (nSPS) is 11.9. The summed E-state index contributed by atoms with van der Waals surface area (Å²) in [4.78, 5) is 17.2. The molecule has 144 valence electrons. The van der Waals surface area contributed by atoms with E-state index in [1.54, 1.807) is 12.1 Å². The smallest absolute Gasteiger partial charge is 0.268 e. The van der Waals surface area contributed by atoms with Gasteiger partial charge in [0.25, 0.3) is 5.91 Å². The van der Waals surface area contributed by atoms with Gasteiger partial charge in [-0.15, -0.1) is 0 Å². The topological polar surface area (TPSA) is 69.2 Å². The summed E-state index contributed by atoms with van der Waals surface area (Å²) >= 11 is 12.0. The van der Waals surface area contributed by atoms with Crippen molar-refractivity contribution in [3.05, 3.63) is 51.8 Å². The molecule has 0 spiro atoms. The summed E-state index contributed by atoms with van der Waals surface area (Å²) in [5.41, 5.74) is 0.862. The van der Waals surface area contributed by atoms with Crippen LogP contribution >= 0.6 is 23.2 Å². The summed E-state index contributed by atoms with van der Waals surface area (Å²) in [6.07, 6.45) is 0.459. The monoisotopic (exact) mass is 414 g/mol. The fraction of sp³-hybridized carbons (Fsp3) is 0.222. The highest BCUT2D eigenvalue weighted by Gasteiger charge is 2.16. The molecule has 2 aromatic rings. The number of rotatable bonds is 7. The van der Waals surface area contributed by atoms with Crippen molar-refractivity contribution in [2.75, 3.05) is 19.5 Å². The van der Waals surface area contributed by atoms with Gasteiger partial charge in [-0.1, -0.05) is 28.4 Å². The van der Waals surface area contributed by atoms with Crippen molar-refractivity contribution in [2.45, 2.75) is 13.0 Å². The first-order valence-corrected chi connectivity index (χ1v) is 8.48. The van der Waals surface area contributed by atoms with Gasteiger partial charge in [-0.3, -0.25) is 4.79 Å². The molecule has 0 aliphatic carbocycles. The van der Waals surface area contributed by atoms with Gasteiger partial charge < -0.3 is 19.6 Å². The van der Waals surface area contributed by atoms with Crippen LogP contribution in [0.25, 0.3) is 0 Å². The van der Waals surface area contributed by atoms with Gasteiger partial charge in [0, 0.05) is 5.56 Å². The third-order valence-electron chi connectivity index (χ3n) is 3.43. The number of nitrogens with zero attached hydrogens (tertiary/aromatic N) is 1. The minimum Gasteiger partial charge on any atom is -0.493 e. The maximum absolute atomic E-state index is 13.0. The highest BCUT2D eigenvalue weighted by atomic mass is 35.5. The lowest BCUT2D eigenvalue weighted by Gasteiger charge is -2.12. The molecule has 0 saturated heterocycles. The van der Waals surface area contributed by atoms with Gasteiger partial charge >= 0.3 is 0 Å². The first-order valence-electron chi connectivity index (χ1n) is 7.72. The maximum atomic E-state index is 13.0. The summed E-state index contributed by atoms with van der Waals surface area (Å²) in [5.74, 6) is -0.157. The second-order valence-electron chi connectivity index (χ2n) is 5.33. The predicted molar refractivity (Wildman–Crippen MR) is 103 cm³/mol. The van der Waals surface area contributed by atoms with E-state index < -0.39 is 17.8 Å².